The Balaban J connectivity index is 1.63. The van der Waals surface area contributed by atoms with Crippen LogP contribution in [0.25, 0.3) is 0 Å². The molecule has 2 aliphatic carbocycles. The molecule has 1 saturated carbocycles. The Morgan fingerprint density at radius 2 is 1.78 bits per heavy atom. The Labute approximate surface area is 238 Å². The quantitative estimate of drug-likeness (QED) is 0.383. The molecule has 2 unspecified atom stereocenters. The largest absolute Gasteiger partial charge is 0.351 e. The first-order valence-electron chi connectivity index (χ1n) is 13.0. The summed E-state index contributed by atoms with van der Waals surface area (Å²) in [6, 6.07) is 0.211. The third-order valence-corrected chi connectivity index (χ3v) is 8.22. The number of halogens is 5. The Bertz CT molecular complexity index is 1400. The van der Waals surface area contributed by atoms with Gasteiger partial charge in [-0.25, -0.2) is 27.5 Å². The minimum absolute atomic E-state index is 0.00413. The highest BCUT2D eigenvalue weighted by Crippen LogP contribution is 2.43. The van der Waals surface area contributed by atoms with Crippen molar-refractivity contribution in [3.8, 4) is 0 Å². The van der Waals surface area contributed by atoms with Crippen LogP contribution < -0.4 is 15.1 Å². The van der Waals surface area contributed by atoms with Gasteiger partial charge in [-0.05, 0) is 24.6 Å². The van der Waals surface area contributed by atoms with Crippen molar-refractivity contribution in [2.75, 3.05) is 9.80 Å². The number of allylic oxidation sites excluding steroid dienone is 3. The number of carbonyl (C=O) groups excluding carboxylic acids is 3. The maximum atomic E-state index is 14.6. The fourth-order valence-electron chi connectivity index (χ4n) is 5.51. The number of alkyl halides is 3. The maximum Gasteiger partial charge on any atom is 0.252 e. The second-order valence-electron chi connectivity index (χ2n) is 10.6. The zero-order valence-corrected chi connectivity index (χ0v) is 22.6. The molecule has 1 saturated heterocycles. The molecule has 5 rings (SSSR count). The smallest absolute Gasteiger partial charge is 0.252 e. The van der Waals surface area contributed by atoms with Gasteiger partial charge in [0.2, 0.25) is 17.8 Å². The summed E-state index contributed by atoms with van der Waals surface area (Å²) in [4.78, 5) is 51.5. The summed E-state index contributed by atoms with van der Waals surface area (Å²) in [7, 11) is 0. The van der Waals surface area contributed by atoms with Gasteiger partial charge >= 0.3 is 0 Å². The van der Waals surface area contributed by atoms with Gasteiger partial charge in [-0.15, -0.1) is 11.6 Å². The van der Waals surface area contributed by atoms with E-state index in [9.17, 15) is 31.9 Å². The number of nitrogens with one attached hydrogen (secondary N) is 1. The van der Waals surface area contributed by atoms with E-state index in [4.69, 9.17) is 11.6 Å². The topological polar surface area (TPSA) is 95.5 Å². The first-order valence-corrected chi connectivity index (χ1v) is 13.4. The molecule has 2 aromatic rings. The van der Waals surface area contributed by atoms with Crippen LogP contribution in [0.5, 0.6) is 0 Å². The third-order valence-electron chi connectivity index (χ3n) is 7.60. The average Bonchev–Trinajstić information content (AvgIpc) is 3.28. The van der Waals surface area contributed by atoms with Crippen molar-refractivity contribution in [3.63, 3.8) is 0 Å². The minimum Gasteiger partial charge on any atom is -0.351 e. The Hall–Kier alpha value is -3.80. The van der Waals surface area contributed by atoms with Gasteiger partial charge in [0.25, 0.3) is 11.8 Å². The molecule has 0 spiro atoms. The van der Waals surface area contributed by atoms with Crippen LogP contribution in [0.15, 0.2) is 61.0 Å². The van der Waals surface area contributed by atoms with E-state index in [0.717, 1.165) is 21.9 Å². The zero-order chi connectivity index (χ0) is 29.5. The molecule has 13 heteroatoms. The lowest BCUT2D eigenvalue weighted by Gasteiger charge is -2.46. The van der Waals surface area contributed by atoms with Crippen LogP contribution in [0, 0.1) is 17.0 Å². The molecule has 1 aromatic heterocycles. The van der Waals surface area contributed by atoms with Crippen LogP contribution in [0.2, 0.25) is 0 Å². The second kappa shape index (κ2) is 10.9. The maximum absolute atomic E-state index is 14.6. The number of hydrogen-bond donors (Lipinski definition) is 1. The number of benzene rings is 1. The van der Waals surface area contributed by atoms with Gasteiger partial charge in [-0.2, -0.15) is 0 Å². The highest BCUT2D eigenvalue weighted by Gasteiger charge is 2.53. The fraction of sp³-hybridized carbons (Fsp3) is 0.393. The van der Waals surface area contributed by atoms with Gasteiger partial charge < -0.3 is 5.32 Å². The molecule has 2 heterocycles. The predicted molar refractivity (Wildman–Crippen MR) is 142 cm³/mol. The lowest BCUT2D eigenvalue weighted by atomic mass is 9.74. The number of hydrogen-bond acceptors (Lipinski definition) is 5. The predicted octanol–water partition coefficient (Wildman–Crippen LogP) is 4.31. The van der Waals surface area contributed by atoms with Gasteiger partial charge in [0, 0.05) is 49.2 Å². The Morgan fingerprint density at radius 1 is 1.12 bits per heavy atom. The molecule has 41 heavy (non-hydrogen) atoms. The molecule has 1 N–H and O–H groups in total. The summed E-state index contributed by atoms with van der Waals surface area (Å²) in [6.45, 7) is 1.58. The van der Waals surface area contributed by atoms with Gasteiger partial charge in [0.1, 0.15) is 23.7 Å². The second-order valence-corrected chi connectivity index (χ2v) is 11.1. The van der Waals surface area contributed by atoms with Crippen LogP contribution in [-0.4, -0.2) is 57.1 Å². The van der Waals surface area contributed by atoms with Crippen LogP contribution in [0.3, 0.4) is 0 Å². The molecule has 0 bridgehead atoms. The van der Waals surface area contributed by atoms with Crippen LogP contribution in [-0.2, 0) is 14.4 Å². The highest BCUT2D eigenvalue weighted by atomic mass is 35.5. The molecule has 8 nitrogen and oxygen atoms in total. The summed E-state index contributed by atoms with van der Waals surface area (Å²) >= 11 is 6.69. The number of amides is 3. The summed E-state index contributed by atoms with van der Waals surface area (Å²) in [6.07, 6.45) is 7.94. The van der Waals surface area contributed by atoms with Gasteiger partial charge in [0.05, 0.1) is 11.1 Å². The Kier molecular flexibility index (Phi) is 7.62. The van der Waals surface area contributed by atoms with E-state index in [0.29, 0.717) is 6.07 Å². The van der Waals surface area contributed by atoms with Crippen molar-refractivity contribution in [1.29, 1.82) is 0 Å². The highest BCUT2D eigenvalue weighted by molar-refractivity contribution is 6.23. The summed E-state index contributed by atoms with van der Waals surface area (Å²) in [5, 5.41) is 1.68. The lowest BCUT2D eigenvalue weighted by Crippen LogP contribution is -2.64. The fourth-order valence-corrected chi connectivity index (χ4v) is 5.79. The van der Waals surface area contributed by atoms with E-state index < -0.39 is 77.0 Å². The molecule has 3 amide bonds. The summed E-state index contributed by atoms with van der Waals surface area (Å²) < 4.78 is 56.4. The SMILES string of the molecule is CC1([C@@H](C(=O)NC2CC(F)(F)C2)N(C(=O)[C@@H]2CCC(=O)N2c2ncccn2)c2cc(F)cc(F)c2)C=CC=CC1Cl. The van der Waals surface area contributed by atoms with Crippen molar-refractivity contribution in [1.82, 2.24) is 15.3 Å². The Morgan fingerprint density at radius 3 is 2.39 bits per heavy atom. The molecule has 4 atom stereocenters. The number of carbonyl (C=O) groups is 3. The molecule has 3 aliphatic rings. The molecule has 0 radical (unpaired) electrons. The van der Waals surface area contributed by atoms with Crippen molar-refractivity contribution < 1.29 is 31.9 Å². The van der Waals surface area contributed by atoms with E-state index in [1.807, 2.05) is 0 Å². The van der Waals surface area contributed by atoms with Crippen LogP contribution in [0.1, 0.15) is 32.6 Å². The van der Waals surface area contributed by atoms with Crippen molar-refractivity contribution in [2.24, 2.45) is 5.41 Å². The molecule has 1 aromatic carbocycles. The molecular weight excluding hydrogens is 566 g/mol. The monoisotopic (exact) mass is 591 g/mol. The van der Waals surface area contributed by atoms with E-state index >= 15 is 0 Å². The average molecular weight is 592 g/mol. The number of anilines is 2. The zero-order valence-electron chi connectivity index (χ0n) is 21.8. The first kappa shape index (κ1) is 28.7. The first-order chi connectivity index (χ1) is 19.4. The van der Waals surface area contributed by atoms with Crippen LogP contribution in [0.4, 0.5) is 29.2 Å². The van der Waals surface area contributed by atoms with E-state index in [1.54, 1.807) is 31.2 Å². The van der Waals surface area contributed by atoms with Gasteiger partial charge in [0.15, 0.2) is 0 Å². The molecule has 1 aliphatic heterocycles. The van der Waals surface area contributed by atoms with Crippen molar-refractivity contribution >= 4 is 41.0 Å². The van der Waals surface area contributed by atoms with E-state index in [2.05, 4.69) is 15.3 Å². The van der Waals surface area contributed by atoms with Gasteiger partial charge in [-0.1, -0.05) is 31.2 Å². The van der Waals surface area contributed by atoms with Crippen molar-refractivity contribution in [2.45, 2.75) is 62.0 Å². The summed E-state index contributed by atoms with van der Waals surface area (Å²) in [5.74, 6) is -7.19. The number of nitrogens with zero attached hydrogens (tertiary/aromatic N) is 4. The van der Waals surface area contributed by atoms with E-state index in [1.165, 1.54) is 18.5 Å². The number of aromatic nitrogens is 2. The number of rotatable bonds is 7. The lowest BCUT2D eigenvalue weighted by molar-refractivity contribution is -0.134. The molecular formula is C28H26ClF4N5O3. The van der Waals surface area contributed by atoms with Crippen molar-refractivity contribution in [3.05, 3.63) is 72.6 Å². The standard InChI is InChI=1S/C28H26ClF4N5O3/c1-27(8-3-2-5-21(27)29)23(24(40)36-18-14-28(32,33)15-18)37(19-12-16(30)11-17(31)13-19)25(41)20-6-7-22(39)38(20)26-34-9-4-10-35-26/h2-5,8-13,18,20-21,23H,6-7,14-15H2,1H3,(H,36,40)/t20-,21?,23+,27?/m0/s1. The van der Waals surface area contributed by atoms with Gasteiger partial charge in [-0.3, -0.25) is 24.2 Å². The third kappa shape index (κ3) is 5.57. The molecule has 2 fully saturated rings. The normalized spacial score (nSPS) is 26.0. The minimum atomic E-state index is -2.94. The van der Waals surface area contributed by atoms with Crippen LogP contribution >= 0.6 is 11.6 Å². The van der Waals surface area contributed by atoms with E-state index in [-0.39, 0.29) is 24.5 Å². The molecule has 216 valence electrons. The summed E-state index contributed by atoms with van der Waals surface area (Å²) in [5.41, 5.74) is -1.69.